The number of halogens is 7. The molecule has 1 N–H and O–H groups in total. The van der Waals surface area contributed by atoms with Gasteiger partial charge in [0.2, 0.25) is 0 Å². The summed E-state index contributed by atoms with van der Waals surface area (Å²) in [6.45, 7) is 0.575. The van der Waals surface area contributed by atoms with Gasteiger partial charge in [0.25, 0.3) is 0 Å². The van der Waals surface area contributed by atoms with E-state index in [1.54, 1.807) is 0 Å². The Morgan fingerprint density at radius 3 is 2.18 bits per heavy atom. The second-order valence-electron chi connectivity index (χ2n) is 10.7. The molecule has 0 fully saturated rings. The van der Waals surface area contributed by atoms with Gasteiger partial charge < -0.3 is 23.6 Å². The molecule has 0 saturated heterocycles. The molecule has 9 nitrogen and oxygen atoms in total. The quantitative estimate of drug-likeness (QED) is 0.150. The largest absolute Gasteiger partial charge is 0.573 e. The van der Waals surface area contributed by atoms with E-state index >= 15 is 4.39 Å². The van der Waals surface area contributed by atoms with Gasteiger partial charge in [-0.1, -0.05) is 6.07 Å². The van der Waals surface area contributed by atoms with Crippen LogP contribution in [0.5, 0.6) is 5.75 Å². The maximum atomic E-state index is 15.1. The van der Waals surface area contributed by atoms with Crippen molar-refractivity contribution in [1.82, 2.24) is 14.5 Å². The number of aromatic nitrogens is 3. The minimum absolute atomic E-state index is 0.00973. The van der Waals surface area contributed by atoms with Crippen LogP contribution in [0.1, 0.15) is 23.0 Å². The van der Waals surface area contributed by atoms with E-state index in [2.05, 4.69) is 14.7 Å². The molecular formula is C32H26F7N3O6S. The van der Waals surface area contributed by atoms with Gasteiger partial charge in [-0.05, 0) is 66.6 Å². The molecule has 0 atom stereocenters. The number of benzene rings is 3. The number of oxazole rings is 1. The standard InChI is InChI=1S/C32H26F7N3O6S/c1-17-40-27(31(34,35)36)15-42(17)25-9-6-19(20-13-24(33)23(16-43)26(14-20)49(3,44)45)12-22(25)29-30(47-28(41-29)10-11-46-2)18-4-7-21(8-5-18)48-32(37,38)39/h4-9,12-15,43H,10-11,16H2,1-3H3. The van der Waals surface area contributed by atoms with Crippen LogP contribution in [-0.4, -0.2) is 54.4 Å². The monoisotopic (exact) mass is 713 g/mol. The maximum absolute atomic E-state index is 15.1. The Morgan fingerprint density at radius 1 is 0.939 bits per heavy atom. The molecule has 0 amide bonds. The topological polar surface area (TPSA) is 117 Å². The van der Waals surface area contributed by atoms with Crippen molar-refractivity contribution in [3.05, 3.63) is 89.6 Å². The van der Waals surface area contributed by atoms with E-state index in [9.17, 15) is 39.9 Å². The minimum Gasteiger partial charge on any atom is -0.440 e. The Balaban J connectivity index is 1.78. The highest BCUT2D eigenvalue weighted by atomic mass is 32.2. The fraction of sp³-hybridized carbons (Fsp3) is 0.250. The van der Waals surface area contributed by atoms with Gasteiger partial charge in [-0.2, -0.15) is 13.2 Å². The lowest BCUT2D eigenvalue weighted by Crippen LogP contribution is -2.16. The summed E-state index contributed by atoms with van der Waals surface area (Å²) in [6.07, 6.45) is -8.02. The number of imidazole rings is 1. The first-order chi connectivity index (χ1) is 22.9. The van der Waals surface area contributed by atoms with Crippen LogP contribution in [0, 0.1) is 12.7 Å². The molecule has 0 aliphatic rings. The van der Waals surface area contributed by atoms with E-state index in [-0.39, 0.29) is 64.1 Å². The number of ether oxygens (including phenoxy) is 2. The second kappa shape index (κ2) is 13.3. The molecule has 2 heterocycles. The highest BCUT2D eigenvalue weighted by molar-refractivity contribution is 7.90. The summed E-state index contributed by atoms with van der Waals surface area (Å²) in [4.78, 5) is 7.74. The highest BCUT2D eigenvalue weighted by Gasteiger charge is 2.35. The van der Waals surface area contributed by atoms with Crippen LogP contribution in [-0.2, 0) is 33.8 Å². The number of nitrogens with zero attached hydrogens (tertiary/aromatic N) is 3. The Morgan fingerprint density at radius 2 is 1.61 bits per heavy atom. The van der Waals surface area contributed by atoms with Crippen molar-refractivity contribution in [1.29, 1.82) is 0 Å². The molecule has 49 heavy (non-hydrogen) atoms. The molecule has 5 rings (SSSR count). The minimum atomic E-state index is -4.95. The van der Waals surface area contributed by atoms with Gasteiger partial charge in [0.15, 0.2) is 27.2 Å². The van der Waals surface area contributed by atoms with E-state index in [0.29, 0.717) is 0 Å². The lowest BCUT2D eigenvalue weighted by molar-refractivity contribution is -0.274. The van der Waals surface area contributed by atoms with E-state index in [4.69, 9.17) is 9.15 Å². The molecule has 0 aliphatic carbocycles. The Labute approximate surface area is 274 Å². The third-order valence-electron chi connectivity index (χ3n) is 7.27. The highest BCUT2D eigenvalue weighted by Crippen LogP contribution is 2.41. The van der Waals surface area contributed by atoms with Gasteiger partial charge in [-0.15, -0.1) is 13.2 Å². The summed E-state index contributed by atoms with van der Waals surface area (Å²) >= 11 is 0. The number of aliphatic hydroxyl groups excluding tert-OH is 1. The zero-order valence-electron chi connectivity index (χ0n) is 25.8. The third kappa shape index (κ3) is 7.79. The van der Waals surface area contributed by atoms with Crippen LogP contribution >= 0.6 is 0 Å². The fourth-order valence-electron chi connectivity index (χ4n) is 5.08. The zero-order chi connectivity index (χ0) is 35.9. The Hall–Kier alpha value is -4.74. The molecule has 0 bridgehead atoms. The molecular weight excluding hydrogens is 687 g/mol. The first kappa shape index (κ1) is 35.6. The predicted molar refractivity (Wildman–Crippen MR) is 161 cm³/mol. The van der Waals surface area contributed by atoms with Gasteiger partial charge in [0.05, 0.1) is 23.8 Å². The van der Waals surface area contributed by atoms with Gasteiger partial charge in [0, 0.05) is 42.7 Å². The first-order valence-electron chi connectivity index (χ1n) is 14.2. The van der Waals surface area contributed by atoms with Crippen LogP contribution in [0.3, 0.4) is 0 Å². The van der Waals surface area contributed by atoms with Gasteiger partial charge in [-0.3, -0.25) is 0 Å². The smallest absolute Gasteiger partial charge is 0.440 e. The van der Waals surface area contributed by atoms with Gasteiger partial charge in [-0.25, -0.2) is 22.8 Å². The summed E-state index contributed by atoms with van der Waals surface area (Å²) in [5, 5.41) is 9.66. The summed E-state index contributed by atoms with van der Waals surface area (Å²) in [5.74, 6) is -1.50. The Bertz CT molecular complexity index is 2110. The van der Waals surface area contributed by atoms with Crippen LogP contribution in [0.2, 0.25) is 0 Å². The van der Waals surface area contributed by atoms with Crippen molar-refractivity contribution in [2.45, 2.75) is 37.4 Å². The lowest BCUT2D eigenvalue weighted by Gasteiger charge is -2.15. The van der Waals surface area contributed by atoms with Crippen LogP contribution in [0.25, 0.3) is 39.4 Å². The number of hydrogen-bond donors (Lipinski definition) is 1. The summed E-state index contributed by atoms with van der Waals surface area (Å²) in [5.41, 5.74) is -0.945. The average Bonchev–Trinajstić information content (AvgIpc) is 3.62. The van der Waals surface area contributed by atoms with Crippen LogP contribution < -0.4 is 4.74 Å². The summed E-state index contributed by atoms with van der Waals surface area (Å²) < 4.78 is 136. The number of methoxy groups -OCH3 is 1. The molecule has 17 heteroatoms. The van der Waals surface area contributed by atoms with E-state index in [1.807, 2.05) is 0 Å². The normalized spacial score (nSPS) is 12.5. The molecule has 0 aliphatic heterocycles. The molecule has 0 spiro atoms. The zero-order valence-corrected chi connectivity index (χ0v) is 26.6. The molecule has 2 aromatic heterocycles. The van der Waals surface area contributed by atoms with E-state index in [0.717, 1.165) is 41.3 Å². The van der Waals surface area contributed by atoms with Crippen LogP contribution in [0.4, 0.5) is 30.7 Å². The van der Waals surface area contributed by atoms with Crippen molar-refractivity contribution in [2.75, 3.05) is 20.0 Å². The molecule has 260 valence electrons. The summed E-state index contributed by atoms with van der Waals surface area (Å²) in [7, 11) is -2.60. The average molecular weight is 714 g/mol. The molecule has 3 aromatic carbocycles. The fourth-order valence-corrected chi connectivity index (χ4v) is 6.03. The lowest BCUT2D eigenvalue weighted by atomic mass is 9.97. The van der Waals surface area contributed by atoms with Crippen molar-refractivity contribution in [3.8, 4) is 45.1 Å². The number of alkyl halides is 6. The van der Waals surface area contributed by atoms with Crippen LogP contribution in [0.15, 0.2) is 70.1 Å². The summed E-state index contributed by atoms with van der Waals surface area (Å²) in [6, 6.07) is 11.0. The number of aliphatic hydroxyl groups is 1. The van der Waals surface area contributed by atoms with E-state index < -0.39 is 56.7 Å². The predicted octanol–water partition coefficient (Wildman–Crippen LogP) is 7.31. The number of hydrogen-bond acceptors (Lipinski definition) is 8. The maximum Gasteiger partial charge on any atom is 0.573 e. The number of aryl methyl sites for hydroxylation is 1. The number of sulfone groups is 1. The van der Waals surface area contributed by atoms with E-state index in [1.165, 1.54) is 44.4 Å². The molecule has 0 unspecified atom stereocenters. The molecule has 5 aromatic rings. The van der Waals surface area contributed by atoms with Crippen molar-refractivity contribution >= 4 is 9.84 Å². The molecule has 0 radical (unpaired) electrons. The van der Waals surface area contributed by atoms with Gasteiger partial charge >= 0.3 is 12.5 Å². The van der Waals surface area contributed by atoms with Crippen molar-refractivity contribution in [3.63, 3.8) is 0 Å². The second-order valence-corrected chi connectivity index (χ2v) is 12.7. The SMILES string of the molecule is COCCc1nc(-c2cc(-c3cc(F)c(CO)c(S(C)(=O)=O)c3)ccc2-n2cc(C(F)(F)F)nc2C)c(-c2ccc(OC(F)(F)F)cc2)o1. The first-order valence-corrected chi connectivity index (χ1v) is 16.0. The van der Waals surface area contributed by atoms with Crippen molar-refractivity contribution < 1.29 is 58.1 Å². The molecule has 0 saturated carbocycles. The number of rotatable bonds is 10. The van der Waals surface area contributed by atoms with Crippen molar-refractivity contribution in [2.24, 2.45) is 0 Å². The van der Waals surface area contributed by atoms with Gasteiger partial charge in [0.1, 0.15) is 23.1 Å². The Kier molecular flexibility index (Phi) is 9.64. The third-order valence-corrected chi connectivity index (χ3v) is 8.43.